The number of sulfone groups is 1. The molecular formula is C9H17NO3S. The number of ether oxygens (including phenoxy) is 1. The van der Waals surface area contributed by atoms with Crippen LogP contribution in [0.4, 0.5) is 0 Å². The Morgan fingerprint density at radius 1 is 1.36 bits per heavy atom. The molecule has 5 heteroatoms. The molecule has 1 N–H and O–H groups in total. The second-order valence-electron chi connectivity index (χ2n) is 4.15. The van der Waals surface area contributed by atoms with Gasteiger partial charge < -0.3 is 10.1 Å². The third-order valence-corrected chi connectivity index (χ3v) is 4.62. The summed E-state index contributed by atoms with van der Waals surface area (Å²) in [6.45, 7) is 1.73. The molecule has 0 saturated carbocycles. The van der Waals surface area contributed by atoms with Crippen LogP contribution < -0.4 is 5.32 Å². The molecule has 2 saturated heterocycles. The zero-order valence-corrected chi connectivity index (χ0v) is 9.05. The molecule has 0 aromatic heterocycles. The van der Waals surface area contributed by atoms with Crippen molar-refractivity contribution in [3.05, 3.63) is 0 Å². The van der Waals surface area contributed by atoms with Crippen LogP contribution in [0.25, 0.3) is 0 Å². The van der Waals surface area contributed by atoms with Crippen LogP contribution in [0.1, 0.15) is 19.3 Å². The van der Waals surface area contributed by atoms with Crippen molar-refractivity contribution in [2.45, 2.75) is 31.4 Å². The van der Waals surface area contributed by atoms with E-state index in [1.807, 2.05) is 0 Å². The lowest BCUT2D eigenvalue weighted by Gasteiger charge is -2.14. The minimum absolute atomic E-state index is 0.0533. The van der Waals surface area contributed by atoms with Crippen molar-refractivity contribution in [1.82, 2.24) is 5.32 Å². The molecule has 0 bridgehead atoms. The van der Waals surface area contributed by atoms with Gasteiger partial charge in [-0.25, -0.2) is 8.42 Å². The van der Waals surface area contributed by atoms with Crippen LogP contribution >= 0.6 is 0 Å². The summed E-state index contributed by atoms with van der Waals surface area (Å²) in [5.74, 6) is 0.523. The smallest absolute Gasteiger partial charge is 0.152 e. The van der Waals surface area contributed by atoms with Crippen LogP contribution in [0.5, 0.6) is 0 Å². The first-order chi connectivity index (χ1) is 6.66. The van der Waals surface area contributed by atoms with E-state index in [9.17, 15) is 8.42 Å². The Balaban J connectivity index is 1.71. The predicted octanol–water partition coefficient (Wildman–Crippen LogP) is -0.0579. The first kappa shape index (κ1) is 10.4. The Morgan fingerprint density at radius 2 is 2.21 bits per heavy atom. The van der Waals surface area contributed by atoms with E-state index in [2.05, 4.69) is 5.32 Å². The molecule has 0 aliphatic carbocycles. The summed E-state index contributed by atoms with van der Waals surface area (Å²) in [6.07, 6.45) is 2.98. The summed E-state index contributed by atoms with van der Waals surface area (Å²) in [4.78, 5) is 0. The first-order valence-electron chi connectivity index (χ1n) is 5.21. The second kappa shape index (κ2) is 4.16. The van der Waals surface area contributed by atoms with Gasteiger partial charge in [-0.1, -0.05) is 0 Å². The van der Waals surface area contributed by atoms with Crippen LogP contribution in [0, 0.1) is 0 Å². The van der Waals surface area contributed by atoms with Gasteiger partial charge in [0.1, 0.15) is 0 Å². The van der Waals surface area contributed by atoms with Crippen LogP contribution in [-0.4, -0.2) is 45.2 Å². The van der Waals surface area contributed by atoms with Gasteiger partial charge in [-0.2, -0.15) is 0 Å². The molecule has 2 rings (SSSR count). The van der Waals surface area contributed by atoms with E-state index in [0.29, 0.717) is 24.8 Å². The lowest BCUT2D eigenvalue weighted by atomic mass is 10.2. The summed E-state index contributed by atoms with van der Waals surface area (Å²) < 4.78 is 27.9. The number of rotatable bonds is 3. The third-order valence-electron chi connectivity index (χ3n) is 2.89. The topological polar surface area (TPSA) is 55.4 Å². The van der Waals surface area contributed by atoms with Gasteiger partial charge in [-0.15, -0.1) is 0 Å². The Labute approximate surface area is 84.9 Å². The van der Waals surface area contributed by atoms with Gasteiger partial charge in [0.15, 0.2) is 9.84 Å². The Kier molecular flexibility index (Phi) is 3.09. The molecule has 0 radical (unpaired) electrons. The Bertz CT molecular complexity index is 282. The van der Waals surface area contributed by atoms with E-state index in [4.69, 9.17) is 4.74 Å². The van der Waals surface area contributed by atoms with Gasteiger partial charge >= 0.3 is 0 Å². The highest BCUT2D eigenvalue weighted by molar-refractivity contribution is 7.91. The minimum Gasteiger partial charge on any atom is -0.376 e. The van der Waals surface area contributed by atoms with Crippen molar-refractivity contribution >= 4 is 9.84 Å². The van der Waals surface area contributed by atoms with Crippen molar-refractivity contribution in [3.63, 3.8) is 0 Å². The molecule has 0 amide bonds. The molecule has 2 aliphatic heterocycles. The zero-order valence-electron chi connectivity index (χ0n) is 8.24. The molecule has 2 fully saturated rings. The highest BCUT2D eigenvalue weighted by Gasteiger charge is 2.29. The van der Waals surface area contributed by atoms with Gasteiger partial charge in [0.05, 0.1) is 24.2 Å². The molecule has 0 spiro atoms. The molecule has 2 heterocycles. The van der Waals surface area contributed by atoms with Gasteiger partial charge in [0, 0.05) is 6.04 Å². The van der Waals surface area contributed by atoms with E-state index in [1.54, 1.807) is 0 Å². The van der Waals surface area contributed by atoms with Crippen molar-refractivity contribution in [3.8, 4) is 0 Å². The lowest BCUT2D eigenvalue weighted by Crippen LogP contribution is -2.29. The summed E-state index contributed by atoms with van der Waals surface area (Å²) >= 11 is 0. The highest BCUT2D eigenvalue weighted by atomic mass is 32.2. The van der Waals surface area contributed by atoms with Crippen molar-refractivity contribution in [2.75, 3.05) is 24.7 Å². The summed E-state index contributed by atoms with van der Waals surface area (Å²) in [5.41, 5.74) is 0. The van der Waals surface area contributed by atoms with Crippen LogP contribution in [-0.2, 0) is 14.6 Å². The normalized spacial score (nSPS) is 36.3. The SMILES string of the molecule is O=S1(=O)CCC(OCC2CCCN2)C1. The fourth-order valence-electron chi connectivity index (χ4n) is 2.04. The minimum atomic E-state index is -2.79. The maximum Gasteiger partial charge on any atom is 0.152 e. The molecule has 2 aliphatic rings. The molecule has 2 atom stereocenters. The van der Waals surface area contributed by atoms with Gasteiger partial charge in [-0.05, 0) is 25.8 Å². The molecule has 0 aromatic carbocycles. The van der Waals surface area contributed by atoms with Crippen LogP contribution in [0.2, 0.25) is 0 Å². The van der Waals surface area contributed by atoms with Gasteiger partial charge in [0.25, 0.3) is 0 Å². The average molecular weight is 219 g/mol. The van der Waals surface area contributed by atoms with Crippen molar-refractivity contribution < 1.29 is 13.2 Å². The van der Waals surface area contributed by atoms with Crippen LogP contribution in [0.3, 0.4) is 0 Å². The van der Waals surface area contributed by atoms with E-state index in [-0.39, 0.29) is 11.9 Å². The average Bonchev–Trinajstić information content (AvgIpc) is 2.70. The van der Waals surface area contributed by atoms with Crippen molar-refractivity contribution in [2.24, 2.45) is 0 Å². The number of hydrogen-bond donors (Lipinski definition) is 1. The first-order valence-corrected chi connectivity index (χ1v) is 7.03. The molecule has 0 aromatic rings. The molecule has 2 unspecified atom stereocenters. The molecular weight excluding hydrogens is 202 g/mol. The third kappa shape index (κ3) is 2.68. The standard InChI is InChI=1S/C9H17NO3S/c11-14(12)5-3-9(7-14)13-6-8-2-1-4-10-8/h8-10H,1-7H2. The fourth-order valence-corrected chi connectivity index (χ4v) is 3.66. The van der Waals surface area contributed by atoms with E-state index in [1.165, 1.54) is 6.42 Å². The Morgan fingerprint density at radius 3 is 2.79 bits per heavy atom. The highest BCUT2D eigenvalue weighted by Crippen LogP contribution is 2.16. The largest absolute Gasteiger partial charge is 0.376 e. The second-order valence-corrected chi connectivity index (χ2v) is 6.38. The van der Waals surface area contributed by atoms with Gasteiger partial charge in [-0.3, -0.25) is 0 Å². The van der Waals surface area contributed by atoms with Gasteiger partial charge in [0.2, 0.25) is 0 Å². The van der Waals surface area contributed by atoms with E-state index in [0.717, 1.165) is 13.0 Å². The monoisotopic (exact) mass is 219 g/mol. The van der Waals surface area contributed by atoms with Crippen molar-refractivity contribution in [1.29, 1.82) is 0 Å². The summed E-state index contributed by atoms with van der Waals surface area (Å²) in [7, 11) is -2.79. The Hall–Kier alpha value is -0.130. The predicted molar refractivity (Wildman–Crippen MR) is 54.0 cm³/mol. The van der Waals surface area contributed by atoms with E-state index >= 15 is 0 Å². The molecule has 4 nitrogen and oxygen atoms in total. The lowest BCUT2D eigenvalue weighted by molar-refractivity contribution is 0.0577. The zero-order chi connectivity index (χ0) is 10.0. The number of nitrogens with one attached hydrogen (secondary N) is 1. The summed E-state index contributed by atoms with van der Waals surface area (Å²) in [5, 5.41) is 3.33. The maximum atomic E-state index is 11.1. The molecule has 82 valence electrons. The van der Waals surface area contributed by atoms with E-state index < -0.39 is 9.84 Å². The maximum absolute atomic E-state index is 11.1. The van der Waals surface area contributed by atoms with Crippen LogP contribution in [0.15, 0.2) is 0 Å². The fraction of sp³-hybridized carbons (Fsp3) is 1.00. The molecule has 14 heavy (non-hydrogen) atoms. The number of hydrogen-bond acceptors (Lipinski definition) is 4. The summed E-state index contributed by atoms with van der Waals surface area (Å²) in [6, 6.07) is 0.443. The quantitative estimate of drug-likeness (QED) is 0.722.